The highest BCUT2D eigenvalue weighted by Crippen LogP contribution is 2.26. The minimum atomic E-state index is -1.66. The highest BCUT2D eigenvalue weighted by Gasteiger charge is 2.33. The first-order valence-electron chi connectivity index (χ1n) is 7.92. The molecule has 7 nitrogen and oxygen atoms in total. The number of aliphatic carboxylic acids is 1. The van der Waals surface area contributed by atoms with Crippen molar-refractivity contribution in [1.29, 1.82) is 0 Å². The van der Waals surface area contributed by atoms with Crippen molar-refractivity contribution in [2.24, 2.45) is 0 Å². The lowest BCUT2D eigenvalue weighted by molar-refractivity contribution is -0.164. The predicted molar refractivity (Wildman–Crippen MR) is 102 cm³/mol. The Bertz CT molecular complexity index is 615. The van der Waals surface area contributed by atoms with Crippen LogP contribution in [0.15, 0.2) is 30.3 Å². The van der Waals surface area contributed by atoms with Gasteiger partial charge in [0.2, 0.25) is 3.79 Å². The number of carbonyl (C=O) groups excluding carboxylic acids is 1. The summed E-state index contributed by atoms with van der Waals surface area (Å²) in [5.74, 6) is -1.31. The lowest BCUT2D eigenvalue weighted by Gasteiger charge is -2.27. The molecule has 2 N–H and O–H groups in total. The van der Waals surface area contributed by atoms with Crippen LogP contribution in [0, 0.1) is 0 Å². The van der Waals surface area contributed by atoms with Gasteiger partial charge in [0.1, 0.15) is 12.4 Å². The SMILES string of the molecule is CC(C)(C)OC(=O)N[C@@H](c1ccccc1)[C@@H](OCOCC(Cl)(Cl)Cl)C(=O)O. The average molecular weight is 443 g/mol. The molecule has 10 heteroatoms. The summed E-state index contributed by atoms with van der Waals surface area (Å²) in [5.41, 5.74) is -0.240. The molecule has 0 bridgehead atoms. The van der Waals surface area contributed by atoms with Crippen molar-refractivity contribution >= 4 is 46.9 Å². The van der Waals surface area contributed by atoms with Gasteiger partial charge in [-0.2, -0.15) is 0 Å². The van der Waals surface area contributed by atoms with Crippen LogP contribution in [0.2, 0.25) is 0 Å². The van der Waals surface area contributed by atoms with Gasteiger partial charge in [0.25, 0.3) is 0 Å². The molecule has 0 fully saturated rings. The normalized spacial score (nSPS) is 14.3. The topological polar surface area (TPSA) is 94.1 Å². The van der Waals surface area contributed by atoms with Crippen LogP contribution in [0.1, 0.15) is 32.4 Å². The van der Waals surface area contributed by atoms with Crippen molar-refractivity contribution in [2.45, 2.75) is 42.3 Å². The quantitative estimate of drug-likeness (QED) is 0.358. The fourth-order valence-electron chi connectivity index (χ4n) is 2.02. The minimum Gasteiger partial charge on any atom is -0.479 e. The maximum absolute atomic E-state index is 12.2. The molecule has 1 amide bonds. The number of rotatable bonds is 8. The molecule has 0 saturated carbocycles. The molecule has 0 aromatic heterocycles. The summed E-state index contributed by atoms with van der Waals surface area (Å²) in [4.78, 5) is 23.9. The Morgan fingerprint density at radius 1 is 1.15 bits per heavy atom. The zero-order chi connectivity index (χ0) is 20.7. The van der Waals surface area contributed by atoms with E-state index in [9.17, 15) is 14.7 Å². The van der Waals surface area contributed by atoms with Crippen molar-refractivity contribution in [3.8, 4) is 0 Å². The third kappa shape index (κ3) is 10.0. The standard InChI is InChI=1S/C17H22Cl3NO6/c1-16(2,3)27-15(24)21-12(11-7-5-4-6-8-11)13(14(22)23)26-10-25-9-17(18,19)20/h4-8,12-13H,9-10H2,1-3H3,(H,21,24)(H,22,23)/t12-,13+/m0/s1. The van der Waals surface area contributed by atoms with Gasteiger partial charge < -0.3 is 24.6 Å². The molecule has 152 valence electrons. The van der Waals surface area contributed by atoms with Gasteiger partial charge in [-0.25, -0.2) is 9.59 Å². The van der Waals surface area contributed by atoms with Gasteiger partial charge in [0.15, 0.2) is 6.10 Å². The van der Waals surface area contributed by atoms with Crippen LogP contribution in [0.25, 0.3) is 0 Å². The van der Waals surface area contributed by atoms with Crippen molar-refractivity contribution in [1.82, 2.24) is 5.32 Å². The van der Waals surface area contributed by atoms with Gasteiger partial charge in [-0.1, -0.05) is 65.1 Å². The molecule has 0 aliphatic heterocycles. The number of carboxylic acids is 1. The van der Waals surface area contributed by atoms with Crippen LogP contribution >= 0.6 is 34.8 Å². The molecule has 0 aliphatic rings. The van der Waals surface area contributed by atoms with E-state index in [1.807, 2.05) is 0 Å². The Kier molecular flexibility index (Phi) is 9.11. The number of ether oxygens (including phenoxy) is 3. The third-order valence-electron chi connectivity index (χ3n) is 2.97. The molecule has 27 heavy (non-hydrogen) atoms. The predicted octanol–water partition coefficient (Wildman–Crippen LogP) is 4.07. The lowest BCUT2D eigenvalue weighted by Crippen LogP contribution is -2.44. The van der Waals surface area contributed by atoms with Crippen molar-refractivity contribution < 1.29 is 28.9 Å². The summed E-state index contributed by atoms with van der Waals surface area (Å²) < 4.78 is 13.9. The van der Waals surface area contributed by atoms with E-state index in [-0.39, 0.29) is 6.61 Å². The fourth-order valence-corrected chi connectivity index (χ4v) is 2.25. The Labute approximate surface area is 172 Å². The zero-order valence-corrected chi connectivity index (χ0v) is 17.3. The van der Waals surface area contributed by atoms with E-state index in [1.165, 1.54) is 0 Å². The third-order valence-corrected chi connectivity index (χ3v) is 3.30. The Balaban J connectivity index is 2.92. The molecular weight excluding hydrogens is 421 g/mol. The second-order valence-corrected chi connectivity index (χ2v) is 9.06. The highest BCUT2D eigenvalue weighted by atomic mass is 35.6. The first-order chi connectivity index (χ1) is 12.4. The Morgan fingerprint density at radius 2 is 1.74 bits per heavy atom. The molecule has 0 spiro atoms. The number of carbonyl (C=O) groups is 2. The highest BCUT2D eigenvalue weighted by molar-refractivity contribution is 6.67. The fraction of sp³-hybridized carbons (Fsp3) is 0.529. The molecule has 0 aliphatic carbocycles. The number of alkyl halides is 3. The molecular formula is C17H22Cl3NO6. The summed E-state index contributed by atoms with van der Waals surface area (Å²) in [5, 5.41) is 12.1. The summed E-state index contributed by atoms with van der Waals surface area (Å²) in [6.07, 6.45) is -2.25. The van der Waals surface area contributed by atoms with E-state index in [0.717, 1.165) is 0 Å². The number of amides is 1. The van der Waals surface area contributed by atoms with Gasteiger partial charge >= 0.3 is 12.1 Å². The lowest BCUT2D eigenvalue weighted by atomic mass is 10.0. The molecule has 0 unspecified atom stereocenters. The monoisotopic (exact) mass is 441 g/mol. The van der Waals surface area contributed by atoms with Gasteiger partial charge in [0, 0.05) is 0 Å². The summed E-state index contributed by atoms with van der Waals surface area (Å²) in [6.45, 7) is 4.34. The molecule has 1 aromatic carbocycles. The average Bonchev–Trinajstić information content (AvgIpc) is 2.51. The molecule has 0 heterocycles. The Hall–Kier alpha value is -1.25. The van der Waals surface area contributed by atoms with E-state index >= 15 is 0 Å². The van der Waals surface area contributed by atoms with E-state index in [4.69, 9.17) is 49.0 Å². The number of carboxylic acid groups (broad SMARTS) is 1. The summed E-state index contributed by atoms with van der Waals surface area (Å²) >= 11 is 16.7. The Morgan fingerprint density at radius 3 is 2.22 bits per heavy atom. The number of halogens is 3. The van der Waals surface area contributed by atoms with E-state index < -0.39 is 40.4 Å². The number of alkyl carbamates (subject to hydrolysis) is 1. The van der Waals surface area contributed by atoms with Gasteiger partial charge in [0.05, 0.1) is 12.6 Å². The summed E-state index contributed by atoms with van der Waals surface area (Å²) in [7, 11) is 0. The molecule has 1 aromatic rings. The maximum atomic E-state index is 12.2. The van der Waals surface area contributed by atoms with Gasteiger partial charge in [-0.05, 0) is 26.3 Å². The molecule has 2 atom stereocenters. The number of nitrogens with one attached hydrogen (secondary N) is 1. The van der Waals surface area contributed by atoms with Crippen LogP contribution in [0.4, 0.5) is 4.79 Å². The van der Waals surface area contributed by atoms with Crippen LogP contribution in [0.3, 0.4) is 0 Å². The largest absolute Gasteiger partial charge is 0.479 e. The second kappa shape index (κ2) is 10.3. The molecule has 0 radical (unpaired) electrons. The van der Waals surface area contributed by atoms with Crippen molar-refractivity contribution in [3.63, 3.8) is 0 Å². The van der Waals surface area contributed by atoms with Gasteiger partial charge in [-0.3, -0.25) is 0 Å². The summed E-state index contributed by atoms with van der Waals surface area (Å²) in [6, 6.07) is 7.45. The first kappa shape index (κ1) is 23.8. The first-order valence-corrected chi connectivity index (χ1v) is 9.06. The minimum absolute atomic E-state index is 0.292. The van der Waals surface area contributed by atoms with Crippen LogP contribution in [0.5, 0.6) is 0 Å². The number of benzene rings is 1. The van der Waals surface area contributed by atoms with Crippen molar-refractivity contribution in [3.05, 3.63) is 35.9 Å². The van der Waals surface area contributed by atoms with Gasteiger partial charge in [-0.15, -0.1) is 0 Å². The second-order valence-electron chi connectivity index (χ2n) is 6.54. The number of hydrogen-bond donors (Lipinski definition) is 2. The smallest absolute Gasteiger partial charge is 0.408 e. The number of hydrogen-bond acceptors (Lipinski definition) is 5. The van der Waals surface area contributed by atoms with E-state index in [0.29, 0.717) is 5.56 Å². The molecule has 0 saturated heterocycles. The van der Waals surface area contributed by atoms with Crippen molar-refractivity contribution in [2.75, 3.05) is 13.4 Å². The van der Waals surface area contributed by atoms with Crippen LogP contribution in [-0.4, -0.2) is 46.1 Å². The molecule has 1 rings (SSSR count). The van der Waals surface area contributed by atoms with Crippen LogP contribution in [-0.2, 0) is 19.0 Å². The van der Waals surface area contributed by atoms with Crippen LogP contribution < -0.4 is 5.32 Å². The van der Waals surface area contributed by atoms with E-state index in [1.54, 1.807) is 51.1 Å². The zero-order valence-electron chi connectivity index (χ0n) is 15.1. The maximum Gasteiger partial charge on any atom is 0.408 e. The van der Waals surface area contributed by atoms with E-state index in [2.05, 4.69) is 5.32 Å².